The standard InChI is InChI=1S/C24H17BrFN3O5/c1-33-21-10-16(12-28-29-23(30)18-7-4-15(11-27)9-20(18)26)8-19(25)22(21)34-13-14-2-5-17(6-3-14)24(31)32/h2-10,12H,13H2,1H3,(H,29,30)(H,31,32)/b28-12-. The summed E-state index contributed by atoms with van der Waals surface area (Å²) in [5.74, 6) is -1.78. The molecule has 10 heteroatoms. The number of carboxylic acids is 1. The monoisotopic (exact) mass is 525 g/mol. The number of carbonyl (C=O) groups excluding carboxylic acids is 1. The van der Waals surface area contributed by atoms with Crippen molar-refractivity contribution in [2.45, 2.75) is 6.61 Å². The van der Waals surface area contributed by atoms with E-state index in [1.807, 2.05) is 0 Å². The first-order chi connectivity index (χ1) is 16.3. The summed E-state index contributed by atoms with van der Waals surface area (Å²) in [6.45, 7) is 0.175. The van der Waals surface area contributed by atoms with E-state index in [1.54, 1.807) is 30.3 Å². The molecule has 3 aromatic rings. The molecule has 0 aromatic heterocycles. The third-order valence-corrected chi connectivity index (χ3v) is 5.15. The number of amides is 1. The van der Waals surface area contributed by atoms with Gasteiger partial charge in [0.25, 0.3) is 5.91 Å². The fourth-order valence-corrected chi connectivity index (χ4v) is 3.42. The number of halogens is 2. The highest BCUT2D eigenvalue weighted by Gasteiger charge is 2.13. The zero-order chi connectivity index (χ0) is 24.7. The van der Waals surface area contributed by atoms with Crippen molar-refractivity contribution in [3.05, 3.63) is 92.7 Å². The van der Waals surface area contributed by atoms with Crippen LogP contribution in [0.25, 0.3) is 0 Å². The number of hydrazone groups is 1. The van der Waals surface area contributed by atoms with Crippen LogP contribution in [0.15, 0.2) is 64.2 Å². The highest BCUT2D eigenvalue weighted by molar-refractivity contribution is 9.10. The number of carbonyl (C=O) groups is 2. The maximum Gasteiger partial charge on any atom is 0.335 e. The van der Waals surface area contributed by atoms with Crippen molar-refractivity contribution in [1.29, 1.82) is 5.26 Å². The molecule has 0 fully saturated rings. The Balaban J connectivity index is 1.69. The number of benzene rings is 3. The topological polar surface area (TPSA) is 121 Å². The van der Waals surface area contributed by atoms with E-state index in [2.05, 4.69) is 26.5 Å². The summed E-state index contributed by atoms with van der Waals surface area (Å²) in [6, 6.07) is 14.9. The van der Waals surface area contributed by atoms with Gasteiger partial charge < -0.3 is 14.6 Å². The summed E-state index contributed by atoms with van der Waals surface area (Å²) in [5, 5.41) is 21.6. The summed E-state index contributed by atoms with van der Waals surface area (Å²) >= 11 is 3.42. The molecule has 172 valence electrons. The summed E-state index contributed by atoms with van der Waals surface area (Å²) in [5.41, 5.74) is 3.60. The first-order valence-electron chi connectivity index (χ1n) is 9.68. The lowest BCUT2D eigenvalue weighted by atomic mass is 10.1. The molecule has 0 saturated heterocycles. The zero-order valence-corrected chi connectivity index (χ0v) is 19.3. The van der Waals surface area contributed by atoms with Crippen LogP contribution in [0, 0.1) is 17.1 Å². The van der Waals surface area contributed by atoms with Crippen LogP contribution >= 0.6 is 15.9 Å². The minimum atomic E-state index is -1.01. The van der Waals surface area contributed by atoms with E-state index in [4.69, 9.17) is 19.8 Å². The van der Waals surface area contributed by atoms with Crippen LogP contribution in [-0.4, -0.2) is 30.3 Å². The number of nitriles is 1. The van der Waals surface area contributed by atoms with Crippen molar-refractivity contribution in [3.8, 4) is 17.6 Å². The van der Waals surface area contributed by atoms with Gasteiger partial charge in [-0.1, -0.05) is 12.1 Å². The Hall–Kier alpha value is -4.23. The molecule has 0 unspecified atom stereocenters. The van der Waals surface area contributed by atoms with Gasteiger partial charge in [-0.15, -0.1) is 0 Å². The normalized spacial score (nSPS) is 10.5. The number of ether oxygens (including phenoxy) is 2. The van der Waals surface area contributed by atoms with E-state index in [9.17, 15) is 14.0 Å². The predicted molar refractivity (Wildman–Crippen MR) is 125 cm³/mol. The molecule has 0 atom stereocenters. The van der Waals surface area contributed by atoms with E-state index in [-0.39, 0.29) is 23.3 Å². The molecule has 0 saturated carbocycles. The van der Waals surface area contributed by atoms with Gasteiger partial charge in [-0.2, -0.15) is 10.4 Å². The van der Waals surface area contributed by atoms with Crippen molar-refractivity contribution in [2.75, 3.05) is 7.11 Å². The minimum absolute atomic E-state index is 0.106. The van der Waals surface area contributed by atoms with Gasteiger partial charge in [0.1, 0.15) is 12.4 Å². The number of rotatable bonds is 8. The second-order valence-corrected chi connectivity index (χ2v) is 7.68. The summed E-state index contributed by atoms with van der Waals surface area (Å²) in [6.07, 6.45) is 1.35. The van der Waals surface area contributed by atoms with Crippen molar-refractivity contribution in [1.82, 2.24) is 5.43 Å². The number of nitrogens with zero attached hydrogens (tertiary/aromatic N) is 2. The molecular weight excluding hydrogens is 509 g/mol. The van der Waals surface area contributed by atoms with Gasteiger partial charge in [-0.05, 0) is 69.5 Å². The molecule has 0 radical (unpaired) electrons. The lowest BCUT2D eigenvalue weighted by molar-refractivity contribution is 0.0696. The largest absolute Gasteiger partial charge is 0.493 e. The fraction of sp³-hybridized carbons (Fsp3) is 0.0833. The highest BCUT2D eigenvalue weighted by atomic mass is 79.9. The fourth-order valence-electron chi connectivity index (χ4n) is 2.85. The molecule has 0 spiro atoms. The number of methoxy groups -OCH3 is 1. The Morgan fingerprint density at radius 3 is 2.56 bits per heavy atom. The average Bonchev–Trinajstić information content (AvgIpc) is 2.83. The van der Waals surface area contributed by atoms with Gasteiger partial charge in [-0.25, -0.2) is 14.6 Å². The van der Waals surface area contributed by atoms with Crippen LogP contribution in [0.4, 0.5) is 4.39 Å². The van der Waals surface area contributed by atoms with Gasteiger partial charge >= 0.3 is 5.97 Å². The molecule has 0 aliphatic heterocycles. The van der Waals surface area contributed by atoms with Crippen LogP contribution in [0.1, 0.15) is 37.4 Å². The number of aromatic carboxylic acids is 1. The second-order valence-electron chi connectivity index (χ2n) is 6.83. The van der Waals surface area contributed by atoms with E-state index >= 15 is 0 Å². The highest BCUT2D eigenvalue weighted by Crippen LogP contribution is 2.36. The molecular formula is C24H17BrFN3O5. The third kappa shape index (κ3) is 5.96. The van der Waals surface area contributed by atoms with Crippen LogP contribution in [0.2, 0.25) is 0 Å². The molecule has 0 aliphatic carbocycles. The molecule has 34 heavy (non-hydrogen) atoms. The first-order valence-corrected chi connectivity index (χ1v) is 10.5. The Bertz CT molecular complexity index is 1300. The molecule has 3 rings (SSSR count). The molecule has 3 aromatic carbocycles. The van der Waals surface area contributed by atoms with Gasteiger partial charge in [-0.3, -0.25) is 4.79 Å². The molecule has 0 bridgehead atoms. The zero-order valence-electron chi connectivity index (χ0n) is 17.7. The average molecular weight is 526 g/mol. The van der Waals surface area contributed by atoms with E-state index < -0.39 is 17.7 Å². The van der Waals surface area contributed by atoms with E-state index in [1.165, 1.54) is 37.6 Å². The van der Waals surface area contributed by atoms with Gasteiger partial charge in [0.15, 0.2) is 11.5 Å². The molecule has 0 aliphatic rings. The lowest BCUT2D eigenvalue weighted by Gasteiger charge is -2.13. The first kappa shape index (κ1) is 24.4. The summed E-state index contributed by atoms with van der Waals surface area (Å²) < 4.78 is 25.7. The summed E-state index contributed by atoms with van der Waals surface area (Å²) in [7, 11) is 1.46. The number of carboxylic acid groups (broad SMARTS) is 1. The predicted octanol–water partition coefficient (Wildman–Crippen LogP) is 4.51. The summed E-state index contributed by atoms with van der Waals surface area (Å²) in [4.78, 5) is 23.1. The van der Waals surface area contributed by atoms with Crippen LogP contribution in [0.5, 0.6) is 11.5 Å². The quantitative estimate of drug-likeness (QED) is 0.329. The van der Waals surface area contributed by atoms with Gasteiger partial charge in [0.05, 0.1) is 40.6 Å². The SMILES string of the molecule is COc1cc(/C=N\NC(=O)c2ccc(C#N)cc2F)cc(Br)c1OCc1ccc(C(=O)O)cc1. The number of nitrogens with one attached hydrogen (secondary N) is 1. The molecule has 1 amide bonds. The van der Waals surface area contributed by atoms with Crippen molar-refractivity contribution < 1.29 is 28.6 Å². The maximum absolute atomic E-state index is 14.0. The van der Waals surface area contributed by atoms with Crippen LogP contribution in [0.3, 0.4) is 0 Å². The second kappa shape index (κ2) is 11.1. The third-order valence-electron chi connectivity index (χ3n) is 4.56. The minimum Gasteiger partial charge on any atom is -0.493 e. The Labute approximate surface area is 202 Å². The van der Waals surface area contributed by atoms with Gasteiger partial charge in [0.2, 0.25) is 0 Å². The number of hydrogen-bond donors (Lipinski definition) is 2. The van der Waals surface area contributed by atoms with Gasteiger partial charge in [0, 0.05) is 0 Å². The van der Waals surface area contributed by atoms with Crippen molar-refractivity contribution in [2.24, 2.45) is 5.10 Å². The Kier molecular flexibility index (Phi) is 7.95. The van der Waals surface area contributed by atoms with E-state index in [0.29, 0.717) is 21.5 Å². The lowest BCUT2D eigenvalue weighted by Crippen LogP contribution is -2.19. The van der Waals surface area contributed by atoms with Crippen LogP contribution in [-0.2, 0) is 6.61 Å². The number of hydrogen-bond acceptors (Lipinski definition) is 6. The van der Waals surface area contributed by atoms with Crippen molar-refractivity contribution in [3.63, 3.8) is 0 Å². The van der Waals surface area contributed by atoms with E-state index in [0.717, 1.165) is 11.6 Å². The molecule has 0 heterocycles. The Morgan fingerprint density at radius 1 is 1.21 bits per heavy atom. The van der Waals surface area contributed by atoms with Crippen molar-refractivity contribution >= 4 is 34.0 Å². The maximum atomic E-state index is 14.0. The molecule has 2 N–H and O–H groups in total. The molecule has 8 nitrogen and oxygen atoms in total. The Morgan fingerprint density at radius 2 is 1.94 bits per heavy atom. The smallest absolute Gasteiger partial charge is 0.335 e. The van der Waals surface area contributed by atoms with Crippen LogP contribution < -0.4 is 14.9 Å².